The van der Waals surface area contributed by atoms with Crippen LogP contribution in [0.15, 0.2) is 0 Å². The first-order valence-corrected chi connectivity index (χ1v) is 7.60. The van der Waals surface area contributed by atoms with Gasteiger partial charge in [0.2, 0.25) is 5.91 Å². The summed E-state index contributed by atoms with van der Waals surface area (Å²) < 4.78 is 0. The second-order valence-electron chi connectivity index (χ2n) is 6.36. The predicted molar refractivity (Wildman–Crippen MR) is 74.5 cm³/mol. The molecule has 0 aromatic carbocycles. The van der Waals surface area contributed by atoms with E-state index in [9.17, 15) is 4.79 Å². The van der Waals surface area contributed by atoms with Crippen molar-refractivity contribution in [2.45, 2.75) is 64.8 Å². The van der Waals surface area contributed by atoms with Crippen molar-refractivity contribution in [2.75, 3.05) is 19.6 Å². The molecule has 2 heterocycles. The number of piperidine rings is 1. The molecule has 2 fully saturated rings. The Kier molecular flexibility index (Phi) is 4.00. The minimum Gasteiger partial charge on any atom is -0.341 e. The standard InChI is InChI=1S/C15H28N2O/c1-4-15(5-2)8-11-17(12-9-15)13(18)14(3)7-6-10-16-14/h16H,4-12H2,1-3H3. The van der Waals surface area contributed by atoms with Crippen LogP contribution < -0.4 is 5.32 Å². The minimum atomic E-state index is -0.279. The van der Waals surface area contributed by atoms with Crippen molar-refractivity contribution < 1.29 is 4.79 Å². The Morgan fingerprint density at radius 3 is 2.22 bits per heavy atom. The van der Waals surface area contributed by atoms with Gasteiger partial charge < -0.3 is 10.2 Å². The summed E-state index contributed by atoms with van der Waals surface area (Å²) in [5, 5.41) is 3.39. The minimum absolute atomic E-state index is 0.279. The van der Waals surface area contributed by atoms with E-state index in [1.165, 1.54) is 25.7 Å². The molecule has 2 rings (SSSR count). The lowest BCUT2D eigenvalue weighted by molar-refractivity contribution is -0.139. The van der Waals surface area contributed by atoms with E-state index >= 15 is 0 Å². The molecule has 0 radical (unpaired) electrons. The van der Waals surface area contributed by atoms with E-state index in [-0.39, 0.29) is 5.54 Å². The molecule has 1 amide bonds. The van der Waals surface area contributed by atoms with Gasteiger partial charge in [0.05, 0.1) is 5.54 Å². The summed E-state index contributed by atoms with van der Waals surface area (Å²) in [4.78, 5) is 14.7. The van der Waals surface area contributed by atoms with Crippen molar-refractivity contribution >= 4 is 5.91 Å². The summed E-state index contributed by atoms with van der Waals surface area (Å²) >= 11 is 0. The lowest BCUT2D eigenvalue weighted by Crippen LogP contribution is -2.55. The van der Waals surface area contributed by atoms with E-state index < -0.39 is 0 Å². The zero-order valence-electron chi connectivity index (χ0n) is 12.2. The van der Waals surface area contributed by atoms with E-state index in [4.69, 9.17) is 0 Å². The molecule has 0 aromatic rings. The third kappa shape index (κ3) is 2.42. The predicted octanol–water partition coefficient (Wildman–Crippen LogP) is 2.56. The molecule has 104 valence electrons. The first-order valence-electron chi connectivity index (χ1n) is 7.60. The fourth-order valence-corrected chi connectivity index (χ4v) is 3.57. The number of nitrogens with zero attached hydrogens (tertiary/aromatic N) is 1. The van der Waals surface area contributed by atoms with Crippen molar-refractivity contribution in [1.29, 1.82) is 0 Å². The quantitative estimate of drug-likeness (QED) is 0.837. The lowest BCUT2D eigenvalue weighted by Gasteiger charge is -2.43. The first-order chi connectivity index (χ1) is 8.55. The molecule has 1 N–H and O–H groups in total. The summed E-state index contributed by atoms with van der Waals surface area (Å²) in [6, 6.07) is 0. The fraction of sp³-hybridized carbons (Fsp3) is 0.933. The Morgan fingerprint density at radius 2 is 1.78 bits per heavy atom. The van der Waals surface area contributed by atoms with Crippen LogP contribution in [0.1, 0.15) is 59.3 Å². The van der Waals surface area contributed by atoms with Crippen LogP contribution in [-0.4, -0.2) is 36.0 Å². The Morgan fingerprint density at radius 1 is 1.17 bits per heavy atom. The third-order valence-corrected chi connectivity index (χ3v) is 5.45. The van der Waals surface area contributed by atoms with Crippen LogP contribution in [0.2, 0.25) is 0 Å². The zero-order valence-corrected chi connectivity index (χ0v) is 12.2. The molecule has 2 saturated heterocycles. The molecule has 0 aliphatic carbocycles. The van der Waals surface area contributed by atoms with Crippen LogP contribution in [0.3, 0.4) is 0 Å². The molecule has 2 aliphatic rings. The van der Waals surface area contributed by atoms with Crippen LogP contribution in [0, 0.1) is 5.41 Å². The molecule has 0 saturated carbocycles. The van der Waals surface area contributed by atoms with E-state index in [1.54, 1.807) is 0 Å². The third-order valence-electron chi connectivity index (χ3n) is 5.45. The highest BCUT2D eigenvalue weighted by Gasteiger charge is 2.41. The average molecular weight is 252 g/mol. The van der Waals surface area contributed by atoms with Gasteiger partial charge in [-0.1, -0.05) is 26.7 Å². The summed E-state index contributed by atoms with van der Waals surface area (Å²) in [6.45, 7) is 9.56. The van der Waals surface area contributed by atoms with Crippen molar-refractivity contribution in [3.8, 4) is 0 Å². The number of carbonyl (C=O) groups excluding carboxylic acids is 1. The number of nitrogens with one attached hydrogen (secondary N) is 1. The maximum atomic E-state index is 12.6. The number of hydrogen-bond acceptors (Lipinski definition) is 2. The van der Waals surface area contributed by atoms with Crippen molar-refractivity contribution in [3.05, 3.63) is 0 Å². The van der Waals surface area contributed by atoms with Gasteiger partial charge in [-0.3, -0.25) is 4.79 Å². The van der Waals surface area contributed by atoms with Crippen molar-refractivity contribution in [3.63, 3.8) is 0 Å². The second kappa shape index (κ2) is 5.20. The maximum absolute atomic E-state index is 12.6. The van der Waals surface area contributed by atoms with E-state index in [0.717, 1.165) is 32.5 Å². The smallest absolute Gasteiger partial charge is 0.242 e. The van der Waals surface area contributed by atoms with Gasteiger partial charge in [-0.2, -0.15) is 0 Å². The Balaban J connectivity index is 1.95. The number of amides is 1. The SMILES string of the molecule is CCC1(CC)CCN(C(=O)C2(C)CCCN2)CC1. The van der Waals surface area contributed by atoms with Gasteiger partial charge in [-0.15, -0.1) is 0 Å². The van der Waals surface area contributed by atoms with Gasteiger partial charge in [-0.05, 0) is 44.6 Å². The van der Waals surface area contributed by atoms with Gasteiger partial charge in [0.15, 0.2) is 0 Å². The van der Waals surface area contributed by atoms with Crippen LogP contribution >= 0.6 is 0 Å². The van der Waals surface area contributed by atoms with Crippen LogP contribution in [0.25, 0.3) is 0 Å². The van der Waals surface area contributed by atoms with E-state index in [2.05, 4.69) is 31.0 Å². The van der Waals surface area contributed by atoms with Gasteiger partial charge in [0, 0.05) is 13.1 Å². The monoisotopic (exact) mass is 252 g/mol. The lowest BCUT2D eigenvalue weighted by atomic mass is 9.74. The number of hydrogen-bond donors (Lipinski definition) is 1. The first kappa shape index (κ1) is 13.9. The van der Waals surface area contributed by atoms with Gasteiger partial charge in [-0.25, -0.2) is 0 Å². The highest BCUT2D eigenvalue weighted by Crippen LogP contribution is 2.38. The normalized spacial score (nSPS) is 31.6. The molecular weight excluding hydrogens is 224 g/mol. The highest BCUT2D eigenvalue weighted by molar-refractivity contribution is 5.86. The van der Waals surface area contributed by atoms with E-state index in [1.807, 2.05) is 0 Å². The second-order valence-corrected chi connectivity index (χ2v) is 6.36. The Hall–Kier alpha value is -0.570. The largest absolute Gasteiger partial charge is 0.341 e. The molecule has 1 unspecified atom stereocenters. The molecule has 18 heavy (non-hydrogen) atoms. The summed E-state index contributed by atoms with van der Waals surface area (Å²) in [6.07, 6.45) is 6.99. The Bertz CT molecular complexity index is 294. The maximum Gasteiger partial charge on any atom is 0.242 e. The highest BCUT2D eigenvalue weighted by atomic mass is 16.2. The molecule has 0 bridgehead atoms. The molecule has 0 spiro atoms. The zero-order chi connectivity index (χ0) is 13.2. The molecular formula is C15H28N2O. The van der Waals surface area contributed by atoms with Crippen LogP contribution in [0.5, 0.6) is 0 Å². The van der Waals surface area contributed by atoms with E-state index in [0.29, 0.717) is 11.3 Å². The van der Waals surface area contributed by atoms with Gasteiger partial charge >= 0.3 is 0 Å². The molecule has 0 aromatic heterocycles. The number of carbonyl (C=O) groups is 1. The molecule has 2 aliphatic heterocycles. The number of rotatable bonds is 3. The topological polar surface area (TPSA) is 32.3 Å². The van der Waals surface area contributed by atoms with Gasteiger partial charge in [0.25, 0.3) is 0 Å². The van der Waals surface area contributed by atoms with Gasteiger partial charge in [0.1, 0.15) is 0 Å². The summed E-state index contributed by atoms with van der Waals surface area (Å²) in [5.74, 6) is 0.334. The molecule has 3 nitrogen and oxygen atoms in total. The summed E-state index contributed by atoms with van der Waals surface area (Å²) in [5.41, 5.74) is 0.221. The van der Waals surface area contributed by atoms with Crippen molar-refractivity contribution in [2.24, 2.45) is 5.41 Å². The molecule has 1 atom stereocenters. The van der Waals surface area contributed by atoms with Crippen LogP contribution in [0.4, 0.5) is 0 Å². The summed E-state index contributed by atoms with van der Waals surface area (Å²) in [7, 11) is 0. The average Bonchev–Trinajstić information content (AvgIpc) is 2.86. The number of likely N-dealkylation sites (tertiary alicyclic amines) is 1. The van der Waals surface area contributed by atoms with Crippen molar-refractivity contribution in [1.82, 2.24) is 10.2 Å². The molecule has 3 heteroatoms. The Labute approximate surface area is 111 Å². The fourth-order valence-electron chi connectivity index (χ4n) is 3.57. The van der Waals surface area contributed by atoms with Crippen LogP contribution in [-0.2, 0) is 4.79 Å².